The highest BCUT2D eigenvalue weighted by molar-refractivity contribution is 7.98. The van der Waals surface area contributed by atoms with Crippen LogP contribution in [-0.2, 0) is 5.75 Å². The molecule has 1 aromatic rings. The third-order valence-electron chi connectivity index (χ3n) is 1.78. The van der Waals surface area contributed by atoms with Crippen molar-refractivity contribution in [3.05, 3.63) is 34.6 Å². The molecule has 0 aliphatic heterocycles. The first-order valence-electron chi connectivity index (χ1n) is 4.47. The van der Waals surface area contributed by atoms with Gasteiger partial charge in [-0.25, -0.2) is 4.39 Å². The average molecular weight is 273 g/mol. The fourth-order valence-corrected chi connectivity index (χ4v) is 2.15. The molecule has 1 aromatic carbocycles. The number of hydrogen-bond acceptors (Lipinski definition) is 1. The smallest absolute Gasteiger partial charge is 0.205 e. The molecule has 0 nitrogen and oxygen atoms in total. The molecule has 0 saturated heterocycles. The van der Waals surface area contributed by atoms with Crippen LogP contribution in [0.1, 0.15) is 12.0 Å². The van der Waals surface area contributed by atoms with E-state index in [2.05, 4.69) is 0 Å². The molecule has 0 radical (unpaired) electrons. The SMILES string of the molecule is Fc1ccc(CSCCC(F)(F)F)cc1Cl. The second-order valence-corrected chi connectivity index (χ2v) is 4.68. The number of halogens is 5. The van der Waals surface area contributed by atoms with Crippen molar-refractivity contribution in [1.29, 1.82) is 0 Å². The fourth-order valence-electron chi connectivity index (χ4n) is 1.01. The van der Waals surface area contributed by atoms with Crippen LogP contribution in [0, 0.1) is 5.82 Å². The number of rotatable bonds is 4. The van der Waals surface area contributed by atoms with Gasteiger partial charge in [0.05, 0.1) is 11.4 Å². The molecule has 0 saturated carbocycles. The Morgan fingerprint density at radius 2 is 1.94 bits per heavy atom. The van der Waals surface area contributed by atoms with E-state index in [1.165, 1.54) is 18.2 Å². The van der Waals surface area contributed by atoms with Crippen molar-refractivity contribution in [1.82, 2.24) is 0 Å². The van der Waals surface area contributed by atoms with Crippen molar-refractivity contribution in [2.24, 2.45) is 0 Å². The molecular formula is C10H9ClF4S. The lowest BCUT2D eigenvalue weighted by Gasteiger charge is -2.06. The number of alkyl halides is 3. The Morgan fingerprint density at radius 3 is 2.50 bits per heavy atom. The van der Waals surface area contributed by atoms with Crippen LogP contribution in [0.25, 0.3) is 0 Å². The molecule has 16 heavy (non-hydrogen) atoms. The van der Waals surface area contributed by atoms with Crippen LogP contribution in [0.5, 0.6) is 0 Å². The van der Waals surface area contributed by atoms with Gasteiger partial charge in [0, 0.05) is 11.5 Å². The Kier molecular flexibility index (Phi) is 4.92. The summed E-state index contributed by atoms with van der Waals surface area (Å²) in [5.74, 6) is -0.125. The molecule has 1 rings (SSSR count). The zero-order chi connectivity index (χ0) is 12.2. The number of hydrogen-bond donors (Lipinski definition) is 0. The zero-order valence-corrected chi connectivity index (χ0v) is 9.72. The molecule has 0 aromatic heterocycles. The lowest BCUT2D eigenvalue weighted by molar-refractivity contribution is -0.129. The molecule has 0 heterocycles. The van der Waals surface area contributed by atoms with Crippen LogP contribution in [0.2, 0.25) is 5.02 Å². The summed E-state index contributed by atoms with van der Waals surface area (Å²) in [6, 6.07) is 4.15. The standard InChI is InChI=1S/C10H9ClF4S/c11-8-5-7(1-2-9(8)12)6-16-4-3-10(13,14)15/h1-2,5H,3-4,6H2. The second kappa shape index (κ2) is 5.77. The van der Waals surface area contributed by atoms with Gasteiger partial charge in [0.15, 0.2) is 0 Å². The number of thioether (sulfide) groups is 1. The predicted octanol–water partition coefficient (Wildman–Crippen LogP) is 4.66. The first-order valence-corrected chi connectivity index (χ1v) is 6.00. The lowest BCUT2D eigenvalue weighted by Crippen LogP contribution is -2.08. The molecule has 0 aliphatic carbocycles. The summed E-state index contributed by atoms with van der Waals surface area (Å²) >= 11 is 6.68. The van der Waals surface area contributed by atoms with Crippen LogP contribution in [-0.4, -0.2) is 11.9 Å². The zero-order valence-electron chi connectivity index (χ0n) is 8.15. The second-order valence-electron chi connectivity index (χ2n) is 3.17. The summed E-state index contributed by atoms with van der Waals surface area (Å²) in [7, 11) is 0. The normalized spacial score (nSPS) is 11.8. The van der Waals surface area contributed by atoms with E-state index in [-0.39, 0.29) is 10.8 Å². The summed E-state index contributed by atoms with van der Waals surface area (Å²) in [5, 5.41) is -0.00563. The summed E-state index contributed by atoms with van der Waals surface area (Å²) in [6.45, 7) is 0. The highest BCUT2D eigenvalue weighted by atomic mass is 35.5. The van der Waals surface area contributed by atoms with Gasteiger partial charge in [0.1, 0.15) is 5.82 Å². The Bertz CT molecular complexity index is 351. The Balaban J connectivity index is 2.35. The van der Waals surface area contributed by atoms with Crippen molar-refractivity contribution >= 4 is 23.4 Å². The molecule has 0 unspecified atom stereocenters. The van der Waals surface area contributed by atoms with E-state index in [4.69, 9.17) is 11.6 Å². The van der Waals surface area contributed by atoms with Crippen molar-refractivity contribution in [2.45, 2.75) is 18.3 Å². The molecule has 90 valence electrons. The minimum atomic E-state index is -4.12. The minimum Gasteiger partial charge on any atom is -0.205 e. The number of benzene rings is 1. The third-order valence-corrected chi connectivity index (χ3v) is 3.10. The maximum Gasteiger partial charge on any atom is 0.389 e. The van der Waals surface area contributed by atoms with Gasteiger partial charge in [-0.15, -0.1) is 0 Å². The van der Waals surface area contributed by atoms with E-state index in [1.54, 1.807) is 0 Å². The molecule has 0 amide bonds. The molecular weight excluding hydrogens is 264 g/mol. The monoisotopic (exact) mass is 272 g/mol. The quantitative estimate of drug-likeness (QED) is 0.567. The molecule has 0 aliphatic rings. The Hall–Kier alpha value is -0.420. The van der Waals surface area contributed by atoms with E-state index in [0.717, 1.165) is 17.3 Å². The van der Waals surface area contributed by atoms with Gasteiger partial charge in [-0.3, -0.25) is 0 Å². The van der Waals surface area contributed by atoms with Crippen LogP contribution in [0.3, 0.4) is 0 Å². The maximum absolute atomic E-state index is 12.8. The first-order chi connectivity index (χ1) is 7.38. The lowest BCUT2D eigenvalue weighted by atomic mass is 10.2. The predicted molar refractivity (Wildman–Crippen MR) is 58.2 cm³/mol. The molecule has 6 heteroatoms. The highest BCUT2D eigenvalue weighted by Crippen LogP contribution is 2.24. The Morgan fingerprint density at radius 1 is 1.25 bits per heavy atom. The Labute approximate surface area is 100.0 Å². The van der Waals surface area contributed by atoms with Gasteiger partial charge in [-0.2, -0.15) is 24.9 Å². The van der Waals surface area contributed by atoms with Crippen LogP contribution in [0.15, 0.2) is 18.2 Å². The summed E-state index contributed by atoms with van der Waals surface area (Å²) < 4.78 is 48.2. The summed E-state index contributed by atoms with van der Waals surface area (Å²) in [6.07, 6.45) is -4.93. The maximum atomic E-state index is 12.8. The van der Waals surface area contributed by atoms with Gasteiger partial charge in [-0.1, -0.05) is 17.7 Å². The van der Waals surface area contributed by atoms with Gasteiger partial charge < -0.3 is 0 Å². The van der Waals surface area contributed by atoms with Crippen molar-refractivity contribution in [3.63, 3.8) is 0 Å². The van der Waals surface area contributed by atoms with Gasteiger partial charge in [0.2, 0.25) is 0 Å². The van der Waals surface area contributed by atoms with Gasteiger partial charge in [-0.05, 0) is 17.7 Å². The summed E-state index contributed by atoms with van der Waals surface area (Å²) in [5.41, 5.74) is 0.721. The van der Waals surface area contributed by atoms with Gasteiger partial charge in [0.25, 0.3) is 0 Å². The van der Waals surface area contributed by atoms with Crippen LogP contribution < -0.4 is 0 Å². The summed E-state index contributed by atoms with van der Waals surface area (Å²) in [4.78, 5) is 0. The van der Waals surface area contributed by atoms with E-state index < -0.39 is 18.4 Å². The van der Waals surface area contributed by atoms with Crippen molar-refractivity contribution in [3.8, 4) is 0 Å². The average Bonchev–Trinajstić information content (AvgIpc) is 2.17. The van der Waals surface area contributed by atoms with Crippen molar-refractivity contribution in [2.75, 3.05) is 5.75 Å². The molecule has 0 spiro atoms. The van der Waals surface area contributed by atoms with E-state index in [1.807, 2.05) is 0 Å². The molecule has 0 N–H and O–H groups in total. The highest BCUT2D eigenvalue weighted by Gasteiger charge is 2.26. The third kappa shape index (κ3) is 5.07. The largest absolute Gasteiger partial charge is 0.389 e. The van der Waals surface area contributed by atoms with E-state index in [9.17, 15) is 17.6 Å². The van der Waals surface area contributed by atoms with Gasteiger partial charge >= 0.3 is 6.18 Å². The van der Waals surface area contributed by atoms with E-state index in [0.29, 0.717) is 5.75 Å². The molecule has 0 atom stereocenters. The molecule has 0 bridgehead atoms. The van der Waals surface area contributed by atoms with E-state index >= 15 is 0 Å². The van der Waals surface area contributed by atoms with Crippen LogP contribution >= 0.6 is 23.4 Å². The van der Waals surface area contributed by atoms with Crippen LogP contribution in [0.4, 0.5) is 17.6 Å². The molecule has 0 fully saturated rings. The fraction of sp³-hybridized carbons (Fsp3) is 0.400. The first kappa shape index (κ1) is 13.6. The topological polar surface area (TPSA) is 0 Å². The minimum absolute atomic E-state index is 0.00149. The van der Waals surface area contributed by atoms with Crippen molar-refractivity contribution < 1.29 is 17.6 Å².